The van der Waals surface area contributed by atoms with Gasteiger partial charge in [0.2, 0.25) is 5.91 Å². The minimum absolute atomic E-state index is 0.0946. The summed E-state index contributed by atoms with van der Waals surface area (Å²) in [5.41, 5.74) is 6.24. The molecule has 49 heavy (non-hydrogen) atoms. The van der Waals surface area contributed by atoms with Crippen LogP contribution in [0.1, 0.15) is 123 Å². The molecule has 7 nitrogen and oxygen atoms in total. The third kappa shape index (κ3) is 5.20. The molecule has 9 atom stereocenters. The Balaban J connectivity index is 1.18. The second-order valence-corrected chi connectivity index (χ2v) is 18.7. The summed E-state index contributed by atoms with van der Waals surface area (Å²) in [6.07, 6.45) is 15.9. The molecule has 1 saturated heterocycles. The number of carbonyl (C=O) groups excluding carboxylic acids is 2. The van der Waals surface area contributed by atoms with Crippen LogP contribution in [-0.2, 0) is 4.79 Å². The number of likely N-dealkylation sites (N-methyl/N-ethyl adjacent to an activating group) is 1. The van der Waals surface area contributed by atoms with Gasteiger partial charge in [0.15, 0.2) is 0 Å². The van der Waals surface area contributed by atoms with Crippen LogP contribution in [0.2, 0.25) is 0 Å². The number of carbonyl (C=O) groups is 2. The Bertz CT molecular complexity index is 1500. The Labute approximate surface area is 296 Å². The number of nitrogens with one attached hydrogen (secondary N) is 1. The molecule has 6 fully saturated rings. The Morgan fingerprint density at radius 3 is 2.29 bits per heavy atom. The number of nitrogens with zero attached hydrogens (tertiary/aromatic N) is 4. The normalized spacial score (nSPS) is 42.6. The Kier molecular flexibility index (Phi) is 8.76. The molecule has 5 saturated carbocycles. The van der Waals surface area contributed by atoms with Crippen LogP contribution in [0.5, 0.6) is 0 Å². The first-order valence-corrected chi connectivity index (χ1v) is 19.6. The second-order valence-electron chi connectivity index (χ2n) is 18.7. The van der Waals surface area contributed by atoms with E-state index in [1.807, 2.05) is 0 Å². The summed E-state index contributed by atoms with van der Waals surface area (Å²) in [5.74, 6) is 2.87. The van der Waals surface area contributed by atoms with Crippen LogP contribution in [0.4, 0.5) is 0 Å². The van der Waals surface area contributed by atoms with Gasteiger partial charge in [-0.05, 0) is 136 Å². The molecule has 0 bridgehead atoms. The van der Waals surface area contributed by atoms with Crippen molar-refractivity contribution >= 4 is 17.5 Å². The average Bonchev–Trinajstić information content (AvgIpc) is 3.08. The maximum absolute atomic E-state index is 14.9. The summed E-state index contributed by atoms with van der Waals surface area (Å²) in [6, 6.07) is 3.47. The van der Waals surface area contributed by atoms with Crippen LogP contribution >= 0.6 is 0 Å². The van der Waals surface area contributed by atoms with Crippen molar-refractivity contribution in [2.24, 2.45) is 61.8 Å². The first-order valence-electron chi connectivity index (χ1n) is 19.6. The van der Waals surface area contributed by atoms with Crippen LogP contribution < -0.4 is 5.43 Å². The third-order valence-corrected chi connectivity index (χ3v) is 16.5. The molecule has 268 valence electrons. The van der Waals surface area contributed by atoms with Gasteiger partial charge < -0.3 is 9.80 Å². The molecule has 0 spiro atoms. The zero-order valence-corrected chi connectivity index (χ0v) is 31.6. The number of aromatic nitrogens is 1. The monoisotopic (exact) mass is 669 g/mol. The predicted molar refractivity (Wildman–Crippen MR) is 197 cm³/mol. The molecule has 0 aromatic carbocycles. The van der Waals surface area contributed by atoms with Gasteiger partial charge in [-0.15, -0.1) is 0 Å². The minimum Gasteiger partial charge on any atom is -0.340 e. The number of hydrogen-bond acceptors (Lipinski definition) is 5. The zero-order valence-electron chi connectivity index (χ0n) is 31.6. The number of allylic oxidation sites excluding steroid dienone is 1. The van der Waals surface area contributed by atoms with Crippen LogP contribution in [0.15, 0.2) is 41.8 Å². The molecule has 5 aliphatic carbocycles. The van der Waals surface area contributed by atoms with Crippen LogP contribution in [0.3, 0.4) is 0 Å². The second kappa shape index (κ2) is 12.3. The fourth-order valence-electron chi connectivity index (χ4n) is 13.8. The molecule has 7 rings (SSSR count). The standard InChI is InChI=1S/C42H63N5O2/c1-28(2)30-10-9-17-42(37(49)47-26-24-46(8)25-27-47)21-20-40(6)31(35(30)42)11-12-33-39(5)18-14-34(38(3,4)32(39)13-19-41(33,40)7)44-45-36(48)29-15-22-43-23-16-29/h15-16,22-23,30-33,35H,1,9-14,17-21,24-27H2,2-8H3,(H,45,48)/b44-34+/t30-,31-,32-,33+,35+,39-,40+,41+,42-/m0/s1. The highest BCUT2D eigenvalue weighted by Crippen LogP contribution is 2.77. The minimum atomic E-state index is -0.231. The molecule has 1 aromatic rings. The van der Waals surface area contributed by atoms with E-state index in [0.717, 1.165) is 64.0 Å². The summed E-state index contributed by atoms with van der Waals surface area (Å²) in [6.45, 7) is 23.3. The third-order valence-electron chi connectivity index (χ3n) is 16.5. The summed E-state index contributed by atoms with van der Waals surface area (Å²) < 4.78 is 0. The van der Waals surface area contributed by atoms with Gasteiger partial charge in [-0.3, -0.25) is 14.6 Å². The van der Waals surface area contributed by atoms with Crippen molar-refractivity contribution in [2.75, 3.05) is 33.2 Å². The van der Waals surface area contributed by atoms with Gasteiger partial charge in [-0.25, -0.2) is 5.43 Å². The van der Waals surface area contributed by atoms with Gasteiger partial charge in [0.25, 0.3) is 5.91 Å². The van der Waals surface area contributed by atoms with Crippen molar-refractivity contribution in [3.8, 4) is 0 Å². The highest BCUT2D eigenvalue weighted by molar-refractivity contribution is 5.96. The Morgan fingerprint density at radius 2 is 1.59 bits per heavy atom. The fourth-order valence-corrected chi connectivity index (χ4v) is 13.8. The largest absolute Gasteiger partial charge is 0.340 e. The molecule has 0 radical (unpaired) electrons. The number of pyridine rings is 1. The van der Waals surface area contributed by atoms with Crippen molar-refractivity contribution < 1.29 is 9.59 Å². The van der Waals surface area contributed by atoms with E-state index in [2.05, 4.69) is 75.4 Å². The lowest BCUT2D eigenvalue weighted by atomic mass is 9.31. The van der Waals surface area contributed by atoms with Crippen LogP contribution in [-0.4, -0.2) is 65.5 Å². The summed E-state index contributed by atoms with van der Waals surface area (Å²) in [7, 11) is 2.18. The van der Waals surface area contributed by atoms with Gasteiger partial charge in [-0.2, -0.15) is 5.10 Å². The van der Waals surface area contributed by atoms with Gasteiger partial charge in [0.05, 0.1) is 5.41 Å². The van der Waals surface area contributed by atoms with E-state index in [0.29, 0.717) is 41.1 Å². The maximum Gasteiger partial charge on any atom is 0.271 e. The van der Waals surface area contributed by atoms with Crippen molar-refractivity contribution in [3.63, 3.8) is 0 Å². The maximum atomic E-state index is 14.9. The number of hydrazone groups is 1. The highest BCUT2D eigenvalue weighted by atomic mass is 16.2. The van der Waals surface area contributed by atoms with Gasteiger partial charge in [-0.1, -0.05) is 53.2 Å². The van der Waals surface area contributed by atoms with Crippen LogP contribution in [0.25, 0.3) is 0 Å². The molecule has 1 N–H and O–H groups in total. The lowest BCUT2D eigenvalue weighted by Crippen LogP contribution is -2.68. The van der Waals surface area contributed by atoms with E-state index in [1.165, 1.54) is 44.1 Å². The lowest BCUT2D eigenvalue weighted by Gasteiger charge is -2.73. The van der Waals surface area contributed by atoms with E-state index >= 15 is 0 Å². The number of rotatable bonds is 4. The summed E-state index contributed by atoms with van der Waals surface area (Å²) >= 11 is 0. The Morgan fingerprint density at radius 1 is 0.878 bits per heavy atom. The van der Waals surface area contributed by atoms with Gasteiger partial charge in [0, 0.05) is 55.3 Å². The van der Waals surface area contributed by atoms with Gasteiger partial charge >= 0.3 is 0 Å². The SMILES string of the molecule is C=C(C)[C@@H]1CCC[C@]2(C(=O)N3CCN(C)CC3)CC[C@]3(C)[C@@H](CC[C@@H]4[C@@]5(C)CC/C(=N\NC(=O)c6ccncc6)C(C)(C)[C@@H]5CC[C@]43C)[C@@H]12. The number of hydrogen-bond donors (Lipinski definition) is 1. The van der Waals surface area contributed by atoms with Crippen LogP contribution in [0, 0.1) is 56.7 Å². The number of fused-ring (bicyclic) bond motifs is 7. The first kappa shape index (κ1) is 34.9. The van der Waals surface area contributed by atoms with E-state index in [9.17, 15) is 9.59 Å². The van der Waals surface area contributed by atoms with E-state index in [4.69, 9.17) is 5.10 Å². The molecular weight excluding hydrogens is 606 g/mol. The molecule has 2 amide bonds. The van der Waals surface area contributed by atoms with E-state index in [1.54, 1.807) is 24.5 Å². The van der Waals surface area contributed by atoms with E-state index in [-0.39, 0.29) is 33.0 Å². The number of amides is 2. The van der Waals surface area contributed by atoms with E-state index < -0.39 is 0 Å². The fraction of sp³-hybridized carbons (Fsp3) is 0.762. The molecule has 0 unspecified atom stereocenters. The smallest absolute Gasteiger partial charge is 0.271 e. The van der Waals surface area contributed by atoms with Gasteiger partial charge in [0.1, 0.15) is 0 Å². The predicted octanol–water partition coefficient (Wildman–Crippen LogP) is 7.99. The van der Waals surface area contributed by atoms with Crippen molar-refractivity contribution in [1.29, 1.82) is 0 Å². The number of piperazine rings is 1. The summed E-state index contributed by atoms with van der Waals surface area (Å²) in [5, 5.41) is 4.82. The average molecular weight is 670 g/mol. The molecule has 2 heterocycles. The van der Waals surface area contributed by atoms with Crippen molar-refractivity contribution in [3.05, 3.63) is 42.2 Å². The molecule has 6 aliphatic rings. The molecule has 1 aliphatic heterocycles. The topological polar surface area (TPSA) is 77.9 Å². The quantitative estimate of drug-likeness (QED) is 0.261. The highest BCUT2D eigenvalue weighted by Gasteiger charge is 2.71. The summed E-state index contributed by atoms with van der Waals surface area (Å²) in [4.78, 5) is 36.5. The zero-order chi connectivity index (χ0) is 35.0. The lowest BCUT2D eigenvalue weighted by molar-refractivity contribution is -0.239. The van der Waals surface area contributed by atoms with Crippen molar-refractivity contribution in [1.82, 2.24) is 20.2 Å². The first-order chi connectivity index (χ1) is 23.2. The molecule has 1 aromatic heterocycles. The Hall–Kier alpha value is -2.54. The molecular formula is C42H63N5O2. The molecule has 7 heteroatoms. The van der Waals surface area contributed by atoms with Crippen molar-refractivity contribution in [2.45, 2.75) is 112 Å².